The Morgan fingerprint density at radius 3 is 2.21 bits per heavy atom. The average Bonchev–Trinajstić information content (AvgIpc) is 3.41. The molecule has 2 aliphatic carbocycles. The van der Waals surface area contributed by atoms with Gasteiger partial charge < -0.3 is 25.8 Å². The summed E-state index contributed by atoms with van der Waals surface area (Å²) in [7, 11) is 3.23. The minimum Gasteiger partial charge on any atom is -0.355 e. The zero-order valence-corrected chi connectivity index (χ0v) is 24.6. The number of amides is 3. The van der Waals surface area contributed by atoms with Gasteiger partial charge in [-0.15, -0.1) is 10.2 Å². The lowest BCUT2D eigenvalue weighted by atomic mass is 9.67. The van der Waals surface area contributed by atoms with Gasteiger partial charge in [-0.05, 0) is 91.5 Å². The molecule has 11 heteroatoms. The highest BCUT2D eigenvalue weighted by Crippen LogP contribution is 2.48. The van der Waals surface area contributed by atoms with E-state index < -0.39 is 5.41 Å². The van der Waals surface area contributed by atoms with Crippen molar-refractivity contribution in [2.24, 2.45) is 5.92 Å². The lowest BCUT2D eigenvalue weighted by molar-refractivity contribution is -0.131. The molecular formula is C32H36N8O3. The molecule has 3 aliphatic rings. The second-order valence-electron chi connectivity index (χ2n) is 11.9. The highest BCUT2D eigenvalue weighted by Gasteiger charge is 2.54. The Balaban J connectivity index is 1.41. The van der Waals surface area contributed by atoms with E-state index in [1.165, 1.54) is 0 Å². The molecule has 4 atom stereocenters. The Hall–Kier alpha value is -4.56. The number of aromatic amines is 1. The number of piperidine rings is 1. The van der Waals surface area contributed by atoms with Gasteiger partial charge in [0.2, 0.25) is 5.91 Å². The summed E-state index contributed by atoms with van der Waals surface area (Å²) >= 11 is 0. The first-order valence-electron chi connectivity index (χ1n) is 14.8. The lowest BCUT2D eigenvalue weighted by Gasteiger charge is -2.37. The van der Waals surface area contributed by atoms with E-state index >= 15 is 0 Å². The van der Waals surface area contributed by atoms with Gasteiger partial charge in [-0.1, -0.05) is 12.1 Å². The molecule has 2 fully saturated rings. The van der Waals surface area contributed by atoms with Crippen LogP contribution >= 0.6 is 0 Å². The standard InChI is InChI=1S/C32H36N8O3/c1-18(36-16-28(41)40-24(15-33)12-23-13-27(23)40)14-32(31-37-17-38-39-31)25-8-6-21(29(42)34-2)10-19(25)4-5-20-11-22(30(43)35-3)7-9-26(20)32/h6-11,17-18,23-24,27,36H,4-5,12-14,16H2,1-3H3,(H,34,42)(H,35,43)(H,37,38,39)/t18-,23+,24-,27-/m0/s1. The van der Waals surface area contributed by atoms with Crippen molar-refractivity contribution in [3.8, 4) is 6.07 Å². The van der Waals surface area contributed by atoms with Crippen LogP contribution in [0.15, 0.2) is 42.7 Å². The van der Waals surface area contributed by atoms with Crippen LogP contribution in [-0.2, 0) is 23.1 Å². The van der Waals surface area contributed by atoms with Crippen LogP contribution in [0.3, 0.4) is 0 Å². The quantitative estimate of drug-likeness (QED) is 0.317. The Morgan fingerprint density at radius 1 is 1.05 bits per heavy atom. The summed E-state index contributed by atoms with van der Waals surface area (Å²) in [4.78, 5) is 43.5. The maximum atomic E-state index is 13.3. The molecule has 6 rings (SSSR count). The topological polar surface area (TPSA) is 156 Å². The second-order valence-corrected chi connectivity index (χ2v) is 11.9. The Bertz CT molecular complexity index is 1540. The largest absolute Gasteiger partial charge is 0.355 e. The minimum atomic E-state index is -0.819. The summed E-state index contributed by atoms with van der Waals surface area (Å²) < 4.78 is 0. The van der Waals surface area contributed by atoms with Crippen LogP contribution in [0.25, 0.3) is 0 Å². The summed E-state index contributed by atoms with van der Waals surface area (Å²) in [6.07, 6.45) is 5.14. The number of aryl methyl sites for hydroxylation is 2. The predicted octanol–water partition coefficient (Wildman–Crippen LogP) is 1.84. The van der Waals surface area contributed by atoms with Gasteiger partial charge in [0.1, 0.15) is 18.2 Å². The van der Waals surface area contributed by atoms with E-state index in [2.05, 4.69) is 37.2 Å². The number of benzene rings is 2. The zero-order chi connectivity index (χ0) is 30.3. The van der Waals surface area contributed by atoms with Crippen molar-refractivity contribution in [1.82, 2.24) is 36.0 Å². The van der Waals surface area contributed by atoms with Crippen LogP contribution in [0.5, 0.6) is 0 Å². The van der Waals surface area contributed by atoms with Crippen molar-refractivity contribution in [2.45, 2.75) is 62.6 Å². The van der Waals surface area contributed by atoms with E-state index in [1.807, 2.05) is 43.3 Å². The first-order valence-corrected chi connectivity index (χ1v) is 14.8. The van der Waals surface area contributed by atoms with Crippen molar-refractivity contribution >= 4 is 17.7 Å². The second kappa shape index (κ2) is 11.3. The van der Waals surface area contributed by atoms with Crippen LogP contribution in [0.1, 0.15) is 75.0 Å². The van der Waals surface area contributed by atoms with Crippen molar-refractivity contribution < 1.29 is 14.4 Å². The SMILES string of the molecule is CNC(=O)c1ccc2c(c1)CCc1cc(C(=O)NC)ccc1C2(C[C@H](C)NCC(=O)N1[C@H](C#N)C[C@@H]2C[C@@H]21)c1nnc[nH]1. The monoisotopic (exact) mass is 580 g/mol. The number of hydrogen-bond donors (Lipinski definition) is 4. The summed E-state index contributed by atoms with van der Waals surface area (Å²) in [5.41, 5.74) is 4.32. The van der Waals surface area contributed by atoms with Crippen molar-refractivity contribution in [3.63, 3.8) is 0 Å². The van der Waals surface area contributed by atoms with Crippen molar-refractivity contribution in [2.75, 3.05) is 20.6 Å². The van der Waals surface area contributed by atoms with Crippen molar-refractivity contribution in [3.05, 3.63) is 81.9 Å². The third-order valence-electron chi connectivity index (χ3n) is 9.35. The summed E-state index contributed by atoms with van der Waals surface area (Å²) in [6.45, 7) is 2.17. The molecule has 0 unspecified atom stereocenters. The Morgan fingerprint density at radius 2 is 1.67 bits per heavy atom. The van der Waals surface area contributed by atoms with E-state index in [-0.39, 0.29) is 42.4 Å². The molecule has 0 spiro atoms. The molecule has 1 aromatic heterocycles. The van der Waals surface area contributed by atoms with Gasteiger partial charge in [0.25, 0.3) is 11.8 Å². The molecular weight excluding hydrogens is 544 g/mol. The van der Waals surface area contributed by atoms with Gasteiger partial charge in [-0.2, -0.15) is 5.26 Å². The molecule has 4 N–H and O–H groups in total. The van der Waals surface area contributed by atoms with Gasteiger partial charge in [0, 0.05) is 37.3 Å². The first-order chi connectivity index (χ1) is 20.8. The third-order valence-corrected chi connectivity index (χ3v) is 9.35. The number of aromatic nitrogens is 3. The highest BCUT2D eigenvalue weighted by molar-refractivity contribution is 5.95. The first kappa shape index (κ1) is 28.6. The average molecular weight is 581 g/mol. The maximum Gasteiger partial charge on any atom is 0.251 e. The number of nitrogens with zero attached hydrogens (tertiary/aromatic N) is 4. The summed E-state index contributed by atoms with van der Waals surface area (Å²) in [5, 5.41) is 27.2. The van der Waals surface area contributed by atoms with Gasteiger partial charge in [0.05, 0.1) is 18.0 Å². The smallest absolute Gasteiger partial charge is 0.251 e. The van der Waals surface area contributed by atoms with E-state index in [1.54, 1.807) is 25.3 Å². The molecule has 0 radical (unpaired) electrons. The fraction of sp³-hybridized carbons (Fsp3) is 0.438. The van der Waals surface area contributed by atoms with E-state index in [0.29, 0.717) is 42.1 Å². The Kier molecular flexibility index (Phi) is 7.48. The lowest BCUT2D eigenvalue weighted by Crippen LogP contribution is -2.46. The fourth-order valence-corrected chi connectivity index (χ4v) is 7.22. The zero-order valence-electron chi connectivity index (χ0n) is 24.6. The number of likely N-dealkylation sites (tertiary alicyclic amines) is 1. The van der Waals surface area contributed by atoms with Gasteiger partial charge in [-0.25, -0.2) is 0 Å². The van der Waals surface area contributed by atoms with Crippen LogP contribution in [0.4, 0.5) is 0 Å². The number of carbonyl (C=O) groups is 3. The maximum absolute atomic E-state index is 13.3. The van der Waals surface area contributed by atoms with Gasteiger partial charge in [0.15, 0.2) is 0 Å². The number of carbonyl (C=O) groups excluding carboxylic acids is 3. The van der Waals surface area contributed by atoms with Crippen LogP contribution in [0.2, 0.25) is 0 Å². The van der Waals surface area contributed by atoms with E-state index in [0.717, 1.165) is 35.1 Å². The molecule has 1 aliphatic heterocycles. The number of nitriles is 1. The minimum absolute atomic E-state index is 0.0516. The number of nitrogens with one attached hydrogen (secondary N) is 4. The number of fused-ring (bicyclic) bond motifs is 3. The van der Waals surface area contributed by atoms with Crippen LogP contribution in [0, 0.1) is 17.2 Å². The van der Waals surface area contributed by atoms with E-state index in [4.69, 9.17) is 0 Å². The Labute approximate surface area is 250 Å². The molecule has 1 saturated heterocycles. The molecule has 222 valence electrons. The summed E-state index contributed by atoms with van der Waals surface area (Å²) in [6, 6.07) is 13.5. The fourth-order valence-electron chi connectivity index (χ4n) is 7.22. The molecule has 1 saturated carbocycles. The van der Waals surface area contributed by atoms with Gasteiger partial charge >= 0.3 is 0 Å². The van der Waals surface area contributed by atoms with Crippen LogP contribution in [-0.4, -0.2) is 76.6 Å². The molecule has 11 nitrogen and oxygen atoms in total. The molecule has 3 aromatic rings. The van der Waals surface area contributed by atoms with Crippen LogP contribution < -0.4 is 16.0 Å². The number of rotatable bonds is 8. The highest BCUT2D eigenvalue weighted by atomic mass is 16.2. The molecule has 2 heterocycles. The normalized spacial score (nSPS) is 21.8. The molecule has 43 heavy (non-hydrogen) atoms. The van der Waals surface area contributed by atoms with E-state index in [9.17, 15) is 19.6 Å². The number of H-pyrrole nitrogens is 1. The third kappa shape index (κ3) is 4.95. The molecule has 2 aromatic carbocycles. The number of hydrogen-bond acceptors (Lipinski definition) is 7. The summed E-state index contributed by atoms with van der Waals surface area (Å²) in [5.74, 6) is 0.715. The molecule has 0 bridgehead atoms. The molecule has 3 amide bonds. The predicted molar refractivity (Wildman–Crippen MR) is 158 cm³/mol. The van der Waals surface area contributed by atoms with Gasteiger partial charge in [-0.3, -0.25) is 14.4 Å². The van der Waals surface area contributed by atoms with Crippen molar-refractivity contribution in [1.29, 1.82) is 5.26 Å².